The number of pyridine rings is 2. The smallest absolute Gasteiger partial charge is 0.323 e. The van der Waals surface area contributed by atoms with Crippen LogP contribution in [0.15, 0.2) is 23.1 Å². The van der Waals surface area contributed by atoms with E-state index in [1.54, 1.807) is 0 Å². The molecule has 0 fully saturated rings. The zero-order chi connectivity index (χ0) is 16.7. The van der Waals surface area contributed by atoms with Crippen LogP contribution in [0.2, 0.25) is 0 Å². The number of nitrogens with zero attached hydrogens (tertiary/aromatic N) is 2. The first-order valence-corrected chi connectivity index (χ1v) is 6.78. The molecule has 2 aromatic rings. The number of fused-ring (bicyclic) bond motifs is 3. The van der Waals surface area contributed by atoms with Gasteiger partial charge in [-0.05, 0) is 24.6 Å². The minimum absolute atomic E-state index is 0.0381. The molecule has 1 amide bonds. The first-order valence-electron chi connectivity index (χ1n) is 6.78. The van der Waals surface area contributed by atoms with E-state index >= 15 is 0 Å². The molecule has 2 N–H and O–H groups in total. The molecule has 0 saturated carbocycles. The Morgan fingerprint density at radius 2 is 2.22 bits per heavy atom. The van der Waals surface area contributed by atoms with E-state index in [0.717, 1.165) is 4.90 Å². The molecule has 0 bridgehead atoms. The fourth-order valence-electron chi connectivity index (χ4n) is 2.69. The highest BCUT2D eigenvalue weighted by Crippen LogP contribution is 2.37. The van der Waals surface area contributed by atoms with Gasteiger partial charge in [0.15, 0.2) is 0 Å². The number of carboxylic acid groups (broad SMARTS) is 1. The van der Waals surface area contributed by atoms with E-state index in [1.807, 2.05) is 0 Å². The standard InChI is InChI=1S/C15H12FN3O4/c1-7-4-10-13(14(16)18-7)8-2-3-17-15(23)9(8)5-11(20)19(10)6-12(21)22/h2-4H,5-6H2,1H3,(H,17,23)(H,21,22). The number of nitrogens with one attached hydrogen (secondary N) is 1. The van der Waals surface area contributed by atoms with Crippen molar-refractivity contribution in [1.82, 2.24) is 9.97 Å². The lowest BCUT2D eigenvalue weighted by Gasteiger charge is -2.21. The lowest BCUT2D eigenvalue weighted by molar-refractivity contribution is -0.136. The van der Waals surface area contributed by atoms with E-state index < -0.39 is 29.9 Å². The average molecular weight is 317 g/mol. The molecule has 2 aromatic heterocycles. The van der Waals surface area contributed by atoms with Gasteiger partial charge in [0, 0.05) is 17.5 Å². The SMILES string of the molecule is Cc1cc2c(c(F)n1)-c1cc[nH]c(=O)c1CC(=O)N2CC(=O)O. The number of hydrogen-bond acceptors (Lipinski definition) is 4. The summed E-state index contributed by atoms with van der Waals surface area (Å²) in [7, 11) is 0. The van der Waals surface area contributed by atoms with Crippen LogP contribution in [0.4, 0.5) is 10.1 Å². The predicted molar refractivity (Wildman–Crippen MR) is 78.7 cm³/mol. The maximum absolute atomic E-state index is 14.5. The highest BCUT2D eigenvalue weighted by molar-refractivity contribution is 6.04. The minimum Gasteiger partial charge on any atom is -0.480 e. The molecular weight excluding hydrogens is 305 g/mol. The van der Waals surface area contributed by atoms with Crippen LogP contribution in [0.5, 0.6) is 0 Å². The summed E-state index contributed by atoms with van der Waals surface area (Å²) in [6.45, 7) is 0.914. The number of hydrogen-bond donors (Lipinski definition) is 2. The number of carboxylic acids is 1. The number of rotatable bonds is 2. The van der Waals surface area contributed by atoms with Crippen LogP contribution in [0.25, 0.3) is 11.1 Å². The number of H-pyrrole nitrogens is 1. The third-order valence-electron chi connectivity index (χ3n) is 3.63. The number of carbonyl (C=O) groups excluding carboxylic acids is 1. The molecule has 118 valence electrons. The molecule has 0 aromatic carbocycles. The molecule has 0 aliphatic carbocycles. The van der Waals surface area contributed by atoms with Gasteiger partial charge in [-0.1, -0.05) is 0 Å². The van der Waals surface area contributed by atoms with Crippen LogP contribution in [0.1, 0.15) is 11.3 Å². The van der Waals surface area contributed by atoms with E-state index in [1.165, 1.54) is 25.3 Å². The number of aromatic amines is 1. The fraction of sp³-hybridized carbons (Fsp3) is 0.200. The van der Waals surface area contributed by atoms with Crippen molar-refractivity contribution in [2.24, 2.45) is 0 Å². The van der Waals surface area contributed by atoms with Crippen LogP contribution < -0.4 is 10.5 Å². The summed E-state index contributed by atoms with van der Waals surface area (Å²) in [5, 5.41) is 9.04. The number of amides is 1. The minimum atomic E-state index is -1.24. The summed E-state index contributed by atoms with van der Waals surface area (Å²) in [6.07, 6.45) is 1.04. The van der Waals surface area contributed by atoms with Gasteiger partial charge >= 0.3 is 5.97 Å². The second kappa shape index (κ2) is 5.31. The van der Waals surface area contributed by atoms with Crippen molar-refractivity contribution >= 4 is 17.6 Å². The first kappa shape index (κ1) is 14.9. The molecule has 0 saturated heterocycles. The summed E-state index contributed by atoms with van der Waals surface area (Å²) in [5.74, 6) is -2.68. The molecule has 1 aliphatic rings. The molecule has 3 heterocycles. The fourth-order valence-corrected chi connectivity index (χ4v) is 2.69. The Hall–Kier alpha value is -3.03. The Bertz CT molecular complexity index is 891. The second-order valence-electron chi connectivity index (χ2n) is 5.20. The van der Waals surface area contributed by atoms with Crippen LogP contribution in [-0.4, -0.2) is 33.5 Å². The van der Waals surface area contributed by atoms with Crippen molar-refractivity contribution < 1.29 is 19.1 Å². The van der Waals surface area contributed by atoms with Gasteiger partial charge in [-0.2, -0.15) is 4.39 Å². The molecule has 0 spiro atoms. The van der Waals surface area contributed by atoms with Crippen LogP contribution >= 0.6 is 0 Å². The monoisotopic (exact) mass is 317 g/mol. The van der Waals surface area contributed by atoms with Gasteiger partial charge in [-0.15, -0.1) is 0 Å². The molecular formula is C15H12FN3O4. The van der Waals surface area contributed by atoms with Crippen molar-refractivity contribution in [2.75, 3.05) is 11.4 Å². The Morgan fingerprint density at radius 1 is 1.48 bits per heavy atom. The van der Waals surface area contributed by atoms with E-state index in [-0.39, 0.29) is 28.8 Å². The van der Waals surface area contributed by atoms with Gasteiger partial charge in [0.05, 0.1) is 17.7 Å². The molecule has 8 heteroatoms. The zero-order valence-electron chi connectivity index (χ0n) is 12.1. The van der Waals surface area contributed by atoms with Crippen LogP contribution in [-0.2, 0) is 16.0 Å². The maximum atomic E-state index is 14.5. The normalized spacial score (nSPS) is 13.3. The average Bonchev–Trinajstić information content (AvgIpc) is 2.56. The number of halogens is 1. The van der Waals surface area contributed by atoms with E-state index in [0.29, 0.717) is 5.69 Å². The van der Waals surface area contributed by atoms with Crippen molar-refractivity contribution in [3.63, 3.8) is 0 Å². The van der Waals surface area contributed by atoms with Crippen molar-refractivity contribution in [1.29, 1.82) is 0 Å². The molecule has 0 atom stereocenters. The van der Waals surface area contributed by atoms with Gasteiger partial charge in [-0.25, -0.2) is 4.98 Å². The largest absolute Gasteiger partial charge is 0.480 e. The van der Waals surface area contributed by atoms with Crippen molar-refractivity contribution in [2.45, 2.75) is 13.3 Å². The Kier molecular flexibility index (Phi) is 3.44. The Labute approximate surface area is 129 Å². The summed E-state index contributed by atoms with van der Waals surface area (Å²) < 4.78 is 14.5. The molecule has 1 aliphatic heterocycles. The zero-order valence-corrected chi connectivity index (χ0v) is 12.1. The predicted octanol–water partition coefficient (Wildman–Crippen LogP) is 0.858. The van der Waals surface area contributed by atoms with E-state index in [9.17, 15) is 18.8 Å². The Morgan fingerprint density at radius 3 is 2.91 bits per heavy atom. The second-order valence-corrected chi connectivity index (χ2v) is 5.20. The van der Waals surface area contributed by atoms with E-state index in [2.05, 4.69) is 9.97 Å². The maximum Gasteiger partial charge on any atom is 0.323 e. The van der Waals surface area contributed by atoms with Gasteiger partial charge in [0.2, 0.25) is 11.9 Å². The number of anilines is 1. The van der Waals surface area contributed by atoms with Gasteiger partial charge < -0.3 is 15.0 Å². The lowest BCUT2D eigenvalue weighted by atomic mass is 10.0. The molecule has 0 unspecified atom stereocenters. The topological polar surface area (TPSA) is 103 Å². The molecule has 3 rings (SSSR count). The highest BCUT2D eigenvalue weighted by Gasteiger charge is 2.31. The van der Waals surface area contributed by atoms with Crippen molar-refractivity contribution in [3.8, 4) is 11.1 Å². The van der Waals surface area contributed by atoms with Gasteiger partial charge in [-0.3, -0.25) is 14.4 Å². The molecule has 23 heavy (non-hydrogen) atoms. The first-order chi connectivity index (χ1) is 10.9. The van der Waals surface area contributed by atoms with Gasteiger partial charge in [0.1, 0.15) is 6.54 Å². The van der Waals surface area contributed by atoms with Crippen molar-refractivity contribution in [3.05, 3.63) is 45.9 Å². The van der Waals surface area contributed by atoms with Crippen LogP contribution in [0.3, 0.4) is 0 Å². The quantitative estimate of drug-likeness (QED) is 0.800. The highest BCUT2D eigenvalue weighted by atomic mass is 19.1. The van der Waals surface area contributed by atoms with Gasteiger partial charge in [0.25, 0.3) is 5.56 Å². The molecule has 7 nitrogen and oxygen atoms in total. The third kappa shape index (κ3) is 2.48. The molecule has 0 radical (unpaired) electrons. The Balaban J connectivity index is 2.37. The summed E-state index contributed by atoms with van der Waals surface area (Å²) in [5.41, 5.74) is 0.193. The number of carbonyl (C=O) groups is 2. The number of aryl methyl sites for hydroxylation is 1. The lowest BCUT2D eigenvalue weighted by Crippen LogP contribution is -2.37. The van der Waals surface area contributed by atoms with Crippen LogP contribution in [0, 0.1) is 12.9 Å². The van der Waals surface area contributed by atoms with E-state index in [4.69, 9.17) is 5.11 Å². The summed E-state index contributed by atoms with van der Waals surface area (Å²) in [6, 6.07) is 2.92. The summed E-state index contributed by atoms with van der Waals surface area (Å²) in [4.78, 5) is 42.6. The third-order valence-corrected chi connectivity index (χ3v) is 3.63. The number of aliphatic carboxylic acids is 1. The number of aromatic nitrogens is 2. The summed E-state index contributed by atoms with van der Waals surface area (Å²) >= 11 is 0.